The van der Waals surface area contributed by atoms with Gasteiger partial charge in [-0.25, -0.2) is 4.79 Å². The highest BCUT2D eigenvalue weighted by Gasteiger charge is 2.11. The van der Waals surface area contributed by atoms with E-state index in [1.165, 1.54) is 18.4 Å². The van der Waals surface area contributed by atoms with Crippen LogP contribution in [-0.2, 0) is 11.3 Å². The van der Waals surface area contributed by atoms with Gasteiger partial charge in [-0.3, -0.25) is 15.0 Å². The highest BCUT2D eigenvalue weighted by atomic mass is 16.5. The van der Waals surface area contributed by atoms with Gasteiger partial charge in [0.25, 0.3) is 0 Å². The summed E-state index contributed by atoms with van der Waals surface area (Å²) in [5.74, 6) is 0.528. The first-order valence-electron chi connectivity index (χ1n) is 9.72. The first kappa shape index (κ1) is 21.0. The molecule has 1 aromatic carbocycles. The second kappa shape index (κ2) is 11.4. The minimum Gasteiger partial charge on any atom is -0.494 e. The van der Waals surface area contributed by atoms with Gasteiger partial charge >= 0.3 is 6.03 Å². The van der Waals surface area contributed by atoms with Gasteiger partial charge < -0.3 is 10.1 Å². The van der Waals surface area contributed by atoms with Crippen molar-refractivity contribution in [1.29, 1.82) is 0 Å². The number of nitrogens with one attached hydrogen (secondary N) is 2. The third-order valence-corrected chi connectivity index (χ3v) is 4.47. The molecule has 2 rings (SSSR count). The van der Waals surface area contributed by atoms with Crippen molar-refractivity contribution in [3.05, 3.63) is 41.5 Å². The Morgan fingerprint density at radius 2 is 1.96 bits per heavy atom. The van der Waals surface area contributed by atoms with Crippen molar-refractivity contribution in [1.82, 2.24) is 15.5 Å². The highest BCUT2D eigenvalue weighted by Crippen LogP contribution is 2.19. The lowest BCUT2D eigenvalue weighted by molar-refractivity contribution is -0.120. The number of rotatable bonds is 9. The van der Waals surface area contributed by atoms with E-state index >= 15 is 0 Å². The number of likely N-dealkylation sites (N-methyl/N-ethyl adjacent to an activating group) is 1. The van der Waals surface area contributed by atoms with Crippen molar-refractivity contribution < 1.29 is 14.3 Å². The van der Waals surface area contributed by atoms with Crippen LogP contribution in [0.2, 0.25) is 0 Å². The Balaban J connectivity index is 1.64. The third-order valence-electron chi connectivity index (χ3n) is 4.47. The molecular formula is C21H31N3O3. The third kappa shape index (κ3) is 8.26. The van der Waals surface area contributed by atoms with Crippen LogP contribution in [0.4, 0.5) is 4.79 Å². The first-order chi connectivity index (χ1) is 13.1. The van der Waals surface area contributed by atoms with Crippen molar-refractivity contribution in [2.75, 3.05) is 26.7 Å². The molecule has 6 nitrogen and oxygen atoms in total. The number of carbonyl (C=O) groups is 2. The number of hydrogen-bond acceptors (Lipinski definition) is 4. The Morgan fingerprint density at radius 3 is 2.63 bits per heavy atom. The molecule has 0 aromatic heterocycles. The van der Waals surface area contributed by atoms with E-state index in [9.17, 15) is 9.59 Å². The lowest BCUT2D eigenvalue weighted by atomic mass is 9.97. The molecule has 148 valence electrons. The molecule has 0 aliphatic heterocycles. The average molecular weight is 373 g/mol. The van der Waals surface area contributed by atoms with Gasteiger partial charge in [-0.05, 0) is 63.8 Å². The molecule has 0 saturated carbocycles. The second-order valence-electron chi connectivity index (χ2n) is 6.91. The minimum atomic E-state index is -0.425. The van der Waals surface area contributed by atoms with Crippen molar-refractivity contribution in [2.45, 2.75) is 45.6 Å². The molecule has 1 aliphatic carbocycles. The quantitative estimate of drug-likeness (QED) is 0.652. The van der Waals surface area contributed by atoms with E-state index in [0.29, 0.717) is 19.7 Å². The molecule has 27 heavy (non-hydrogen) atoms. The second-order valence-corrected chi connectivity index (χ2v) is 6.91. The summed E-state index contributed by atoms with van der Waals surface area (Å²) in [5, 5.41) is 5.15. The molecule has 1 aliphatic rings. The number of benzene rings is 1. The summed E-state index contributed by atoms with van der Waals surface area (Å²) in [6.07, 6.45) is 7.88. The Labute approximate surface area is 162 Å². The van der Waals surface area contributed by atoms with Gasteiger partial charge in [0.1, 0.15) is 5.75 Å². The van der Waals surface area contributed by atoms with E-state index in [-0.39, 0.29) is 12.5 Å². The fourth-order valence-electron chi connectivity index (χ4n) is 3.15. The van der Waals surface area contributed by atoms with Crippen LogP contribution in [-0.4, -0.2) is 43.6 Å². The molecule has 0 unspecified atom stereocenters. The summed E-state index contributed by atoms with van der Waals surface area (Å²) in [6, 6.07) is 7.37. The highest BCUT2D eigenvalue weighted by molar-refractivity contribution is 5.95. The van der Waals surface area contributed by atoms with Gasteiger partial charge in [0.05, 0.1) is 13.2 Å². The number of ether oxygens (including phenoxy) is 1. The van der Waals surface area contributed by atoms with Gasteiger partial charge in [0.15, 0.2) is 0 Å². The Kier molecular flexibility index (Phi) is 8.84. The van der Waals surface area contributed by atoms with Crippen molar-refractivity contribution in [3.63, 3.8) is 0 Å². The lowest BCUT2D eigenvalue weighted by Crippen LogP contribution is -2.43. The zero-order valence-electron chi connectivity index (χ0n) is 16.4. The molecular weight excluding hydrogens is 342 g/mol. The predicted molar refractivity (Wildman–Crippen MR) is 107 cm³/mol. The number of nitrogens with zero attached hydrogens (tertiary/aromatic N) is 1. The summed E-state index contributed by atoms with van der Waals surface area (Å²) in [4.78, 5) is 25.7. The van der Waals surface area contributed by atoms with Gasteiger partial charge in [-0.2, -0.15) is 0 Å². The fraction of sp³-hybridized carbons (Fsp3) is 0.524. The van der Waals surface area contributed by atoms with Crippen LogP contribution >= 0.6 is 0 Å². The molecule has 1 aromatic rings. The SMILES string of the molecule is CCOc1ccc(CN(C)CC(=O)NC(=O)NCCC2=CCCCC2)cc1. The molecule has 0 fully saturated rings. The molecule has 0 radical (unpaired) electrons. The summed E-state index contributed by atoms with van der Waals surface area (Å²) < 4.78 is 5.42. The normalized spacial score (nSPS) is 13.8. The van der Waals surface area contributed by atoms with E-state index < -0.39 is 6.03 Å². The van der Waals surface area contributed by atoms with E-state index in [2.05, 4.69) is 16.7 Å². The minimum absolute atomic E-state index is 0.159. The number of amides is 3. The number of imide groups is 1. The van der Waals surface area contributed by atoms with Crippen LogP contribution in [0, 0.1) is 0 Å². The Hall–Kier alpha value is -2.34. The molecule has 3 amide bonds. The van der Waals surface area contributed by atoms with Crippen LogP contribution in [0.1, 0.15) is 44.6 Å². The topological polar surface area (TPSA) is 70.7 Å². The largest absolute Gasteiger partial charge is 0.494 e. The Morgan fingerprint density at radius 1 is 1.19 bits per heavy atom. The van der Waals surface area contributed by atoms with Gasteiger partial charge in [0, 0.05) is 13.1 Å². The molecule has 0 atom stereocenters. The van der Waals surface area contributed by atoms with Crippen LogP contribution < -0.4 is 15.4 Å². The first-order valence-corrected chi connectivity index (χ1v) is 9.72. The summed E-state index contributed by atoms with van der Waals surface area (Å²) >= 11 is 0. The van der Waals surface area contributed by atoms with E-state index in [0.717, 1.165) is 30.6 Å². The summed E-state index contributed by atoms with van der Waals surface area (Å²) in [7, 11) is 1.85. The number of allylic oxidation sites excluding steroid dienone is 1. The van der Waals surface area contributed by atoms with Gasteiger partial charge in [0.2, 0.25) is 5.91 Å². The zero-order valence-corrected chi connectivity index (χ0v) is 16.4. The van der Waals surface area contributed by atoms with Crippen molar-refractivity contribution in [2.24, 2.45) is 0 Å². The average Bonchev–Trinajstić information content (AvgIpc) is 2.64. The number of carbonyl (C=O) groups excluding carboxylic acids is 2. The maximum atomic E-state index is 12.0. The molecule has 2 N–H and O–H groups in total. The maximum absolute atomic E-state index is 12.0. The van der Waals surface area contributed by atoms with Crippen molar-refractivity contribution >= 4 is 11.9 Å². The summed E-state index contributed by atoms with van der Waals surface area (Å²) in [5.41, 5.74) is 2.49. The van der Waals surface area contributed by atoms with Crippen LogP contribution in [0.5, 0.6) is 5.75 Å². The molecule has 0 heterocycles. The standard InChI is InChI=1S/C21H31N3O3/c1-3-27-19-11-9-18(10-12-19)15-24(2)16-20(25)23-21(26)22-14-13-17-7-5-4-6-8-17/h7,9-12H,3-6,8,13-16H2,1-2H3,(H2,22,23,25,26). The van der Waals surface area contributed by atoms with Crippen LogP contribution in [0.3, 0.4) is 0 Å². The van der Waals surface area contributed by atoms with Crippen molar-refractivity contribution in [3.8, 4) is 5.75 Å². The van der Waals surface area contributed by atoms with Crippen LogP contribution in [0.15, 0.2) is 35.9 Å². The van der Waals surface area contributed by atoms with Gasteiger partial charge in [-0.1, -0.05) is 23.8 Å². The molecule has 0 bridgehead atoms. The van der Waals surface area contributed by atoms with E-state index in [1.807, 2.05) is 43.1 Å². The Bertz CT molecular complexity index is 641. The number of hydrogen-bond donors (Lipinski definition) is 2. The maximum Gasteiger partial charge on any atom is 0.321 e. The predicted octanol–water partition coefficient (Wildman–Crippen LogP) is 3.23. The van der Waals surface area contributed by atoms with E-state index in [4.69, 9.17) is 4.74 Å². The monoisotopic (exact) mass is 373 g/mol. The van der Waals surface area contributed by atoms with Crippen LogP contribution in [0.25, 0.3) is 0 Å². The van der Waals surface area contributed by atoms with Gasteiger partial charge in [-0.15, -0.1) is 0 Å². The van der Waals surface area contributed by atoms with E-state index in [1.54, 1.807) is 0 Å². The number of urea groups is 1. The smallest absolute Gasteiger partial charge is 0.321 e. The fourth-order valence-corrected chi connectivity index (χ4v) is 3.15. The molecule has 0 saturated heterocycles. The molecule has 6 heteroatoms. The lowest BCUT2D eigenvalue weighted by Gasteiger charge is -2.17. The molecule has 0 spiro atoms. The summed E-state index contributed by atoms with van der Waals surface area (Å²) in [6.45, 7) is 3.93. The zero-order chi connectivity index (χ0) is 19.5.